The van der Waals surface area contributed by atoms with E-state index in [1.54, 1.807) is 26.0 Å². The van der Waals surface area contributed by atoms with Crippen molar-refractivity contribution >= 4 is 0 Å². The van der Waals surface area contributed by atoms with E-state index in [0.717, 1.165) is 0 Å². The second kappa shape index (κ2) is 8.86. The maximum Gasteiger partial charge on any atom is 0.187 e. The Kier molecular flexibility index (Phi) is 7.53. The van der Waals surface area contributed by atoms with E-state index in [4.69, 9.17) is 14.2 Å². The molecule has 0 aromatic rings. The Labute approximate surface area is 171 Å². The van der Waals surface area contributed by atoms with E-state index in [-0.39, 0.29) is 6.42 Å². The summed E-state index contributed by atoms with van der Waals surface area (Å²) < 4.78 is 16.8. The Morgan fingerprint density at radius 2 is 1.69 bits per heavy atom. The molecule has 2 fully saturated rings. The number of aliphatic hydroxyl groups excluding tert-OH is 5. The van der Waals surface area contributed by atoms with Gasteiger partial charge in [0.2, 0.25) is 0 Å². The second-order valence-electron chi connectivity index (χ2n) is 9.06. The highest BCUT2D eigenvalue weighted by Gasteiger charge is 2.60. The zero-order valence-electron chi connectivity index (χ0n) is 17.7. The molecule has 2 aliphatic rings. The lowest BCUT2D eigenvalue weighted by atomic mass is 9.57. The number of hydrogen-bond donors (Lipinski definition) is 6. The molecular weight excluding hydrogens is 384 g/mol. The van der Waals surface area contributed by atoms with Gasteiger partial charge in [0.05, 0.1) is 24.4 Å². The summed E-state index contributed by atoms with van der Waals surface area (Å²) in [5, 5.41) is 60.4. The van der Waals surface area contributed by atoms with Crippen LogP contribution in [0, 0.1) is 5.41 Å². The summed E-state index contributed by atoms with van der Waals surface area (Å²) in [4.78, 5) is 0. The standard InChI is InChI=1S/C20H36O9/c1-11(28-17-16(25)15(24)14(23)13(10-21)29-17)6-7-20(27-5)18(2,3)8-12(22)9-19(20,4)26/h6-7,11-17,21-26H,8-10H2,1-5H3. The summed E-state index contributed by atoms with van der Waals surface area (Å²) in [6.07, 6.45) is -4.13. The van der Waals surface area contributed by atoms with Crippen LogP contribution in [-0.4, -0.2) is 98.5 Å². The molecule has 0 radical (unpaired) electrons. The molecule has 6 N–H and O–H groups in total. The fourth-order valence-electron chi connectivity index (χ4n) is 4.83. The normalized spacial score (nSPS) is 46.7. The molecule has 1 saturated heterocycles. The fourth-order valence-corrected chi connectivity index (χ4v) is 4.83. The van der Waals surface area contributed by atoms with Gasteiger partial charge in [0.15, 0.2) is 6.29 Å². The Bertz CT molecular complexity index is 556. The molecule has 0 amide bonds. The van der Waals surface area contributed by atoms with Crippen LogP contribution in [0.4, 0.5) is 0 Å². The number of hydrogen-bond acceptors (Lipinski definition) is 9. The Morgan fingerprint density at radius 3 is 2.21 bits per heavy atom. The molecule has 0 aromatic carbocycles. The van der Waals surface area contributed by atoms with Crippen molar-refractivity contribution in [2.24, 2.45) is 5.41 Å². The monoisotopic (exact) mass is 420 g/mol. The molecular formula is C20H36O9. The summed E-state index contributed by atoms with van der Waals surface area (Å²) in [6.45, 7) is 6.57. The number of methoxy groups -OCH3 is 1. The van der Waals surface area contributed by atoms with Gasteiger partial charge in [-0.25, -0.2) is 0 Å². The highest BCUT2D eigenvalue weighted by Crippen LogP contribution is 2.52. The first-order chi connectivity index (χ1) is 13.3. The minimum Gasteiger partial charge on any atom is -0.394 e. The van der Waals surface area contributed by atoms with Gasteiger partial charge in [-0.05, 0) is 20.3 Å². The lowest BCUT2D eigenvalue weighted by Gasteiger charge is -2.57. The molecule has 0 aromatic heterocycles. The Hall–Kier alpha value is -0.620. The average Bonchev–Trinajstić information content (AvgIpc) is 2.60. The lowest BCUT2D eigenvalue weighted by Crippen LogP contribution is -2.66. The van der Waals surface area contributed by atoms with E-state index in [9.17, 15) is 30.6 Å². The van der Waals surface area contributed by atoms with E-state index >= 15 is 0 Å². The first-order valence-corrected chi connectivity index (χ1v) is 9.93. The van der Waals surface area contributed by atoms with Crippen molar-refractivity contribution in [3.63, 3.8) is 0 Å². The summed E-state index contributed by atoms with van der Waals surface area (Å²) >= 11 is 0. The highest BCUT2D eigenvalue weighted by molar-refractivity contribution is 5.22. The highest BCUT2D eigenvalue weighted by atomic mass is 16.7. The summed E-state index contributed by atoms with van der Waals surface area (Å²) in [5.74, 6) is 0. The molecule has 1 heterocycles. The Morgan fingerprint density at radius 1 is 1.07 bits per heavy atom. The van der Waals surface area contributed by atoms with Gasteiger partial charge in [-0.1, -0.05) is 26.0 Å². The zero-order valence-corrected chi connectivity index (χ0v) is 17.7. The van der Waals surface area contributed by atoms with Crippen LogP contribution in [0.1, 0.15) is 40.5 Å². The van der Waals surface area contributed by atoms with E-state index < -0.39 is 66.1 Å². The average molecular weight is 420 g/mol. The van der Waals surface area contributed by atoms with Gasteiger partial charge in [0.1, 0.15) is 30.0 Å². The minimum atomic E-state index is -1.52. The van der Waals surface area contributed by atoms with Crippen molar-refractivity contribution in [3.8, 4) is 0 Å². The summed E-state index contributed by atoms with van der Waals surface area (Å²) in [7, 11) is 1.50. The first kappa shape index (κ1) is 24.6. The van der Waals surface area contributed by atoms with Crippen LogP contribution < -0.4 is 0 Å². The molecule has 2 rings (SSSR count). The van der Waals surface area contributed by atoms with Gasteiger partial charge in [-0.15, -0.1) is 0 Å². The third-order valence-electron chi connectivity index (χ3n) is 6.31. The predicted octanol–water partition coefficient (Wildman–Crippen LogP) is -0.935. The van der Waals surface area contributed by atoms with Crippen LogP contribution in [-0.2, 0) is 14.2 Å². The maximum absolute atomic E-state index is 11.1. The van der Waals surface area contributed by atoms with Crippen LogP contribution in [0.15, 0.2) is 12.2 Å². The molecule has 170 valence electrons. The first-order valence-electron chi connectivity index (χ1n) is 9.93. The van der Waals surface area contributed by atoms with Crippen LogP contribution >= 0.6 is 0 Å². The largest absolute Gasteiger partial charge is 0.394 e. The van der Waals surface area contributed by atoms with Crippen molar-refractivity contribution in [1.29, 1.82) is 0 Å². The van der Waals surface area contributed by atoms with E-state index in [1.165, 1.54) is 7.11 Å². The quantitative estimate of drug-likeness (QED) is 0.300. The maximum atomic E-state index is 11.1. The van der Waals surface area contributed by atoms with Gasteiger partial charge in [-0.3, -0.25) is 0 Å². The Balaban J connectivity index is 2.18. The molecule has 0 spiro atoms. The molecule has 1 aliphatic heterocycles. The minimum absolute atomic E-state index is 0.149. The predicted molar refractivity (Wildman–Crippen MR) is 103 cm³/mol. The summed E-state index contributed by atoms with van der Waals surface area (Å²) in [5.41, 5.74) is -3.04. The zero-order chi connectivity index (χ0) is 22.2. The van der Waals surface area contributed by atoms with Gasteiger partial charge < -0.3 is 44.8 Å². The molecule has 0 bridgehead atoms. The summed E-state index contributed by atoms with van der Waals surface area (Å²) in [6, 6.07) is 0. The van der Waals surface area contributed by atoms with E-state index in [2.05, 4.69) is 0 Å². The van der Waals surface area contributed by atoms with Crippen LogP contribution in [0.5, 0.6) is 0 Å². The van der Waals surface area contributed by atoms with Crippen LogP contribution in [0.3, 0.4) is 0 Å². The van der Waals surface area contributed by atoms with Gasteiger partial charge in [0.25, 0.3) is 0 Å². The third kappa shape index (κ3) is 4.53. The lowest BCUT2D eigenvalue weighted by molar-refractivity contribution is -0.306. The molecule has 9 heteroatoms. The van der Waals surface area contributed by atoms with Crippen molar-refractivity contribution in [2.45, 2.75) is 94.7 Å². The second-order valence-corrected chi connectivity index (χ2v) is 9.06. The fraction of sp³-hybridized carbons (Fsp3) is 0.900. The molecule has 1 saturated carbocycles. The topological polar surface area (TPSA) is 149 Å². The molecule has 1 aliphatic carbocycles. The van der Waals surface area contributed by atoms with Crippen molar-refractivity contribution in [1.82, 2.24) is 0 Å². The van der Waals surface area contributed by atoms with Crippen molar-refractivity contribution in [3.05, 3.63) is 12.2 Å². The van der Waals surface area contributed by atoms with Crippen molar-refractivity contribution in [2.75, 3.05) is 13.7 Å². The molecule has 29 heavy (non-hydrogen) atoms. The molecule has 9 atom stereocenters. The third-order valence-corrected chi connectivity index (χ3v) is 6.31. The van der Waals surface area contributed by atoms with E-state index in [1.807, 2.05) is 13.8 Å². The number of ether oxygens (including phenoxy) is 3. The van der Waals surface area contributed by atoms with Crippen molar-refractivity contribution < 1.29 is 44.8 Å². The number of rotatable bonds is 6. The number of aliphatic hydroxyl groups is 6. The smallest absolute Gasteiger partial charge is 0.187 e. The molecule has 9 nitrogen and oxygen atoms in total. The molecule has 9 unspecified atom stereocenters. The van der Waals surface area contributed by atoms with Gasteiger partial charge >= 0.3 is 0 Å². The SMILES string of the molecule is COC1(C=CC(C)OC2OC(CO)C(O)C(O)C2O)C(C)(C)CC(O)CC1(C)O. The van der Waals surface area contributed by atoms with Gasteiger partial charge in [0, 0.05) is 18.9 Å². The van der Waals surface area contributed by atoms with Crippen LogP contribution in [0.25, 0.3) is 0 Å². The van der Waals surface area contributed by atoms with Crippen LogP contribution in [0.2, 0.25) is 0 Å². The van der Waals surface area contributed by atoms with Gasteiger partial charge in [-0.2, -0.15) is 0 Å². The van der Waals surface area contributed by atoms with E-state index in [0.29, 0.717) is 6.42 Å².